The van der Waals surface area contributed by atoms with Crippen LogP contribution in [-0.2, 0) is 4.79 Å². The standard InChI is InChI=1S/C13H11NO4/c1-8(15)14-10-5-3-2-4-9(10)11-6-7-12(18-11)13(16)17/h2-7H,1H3,(H,14,15)(H,16,17). The SMILES string of the molecule is CC(=O)Nc1ccccc1-c1ccc(C(=O)O)o1. The number of anilines is 1. The van der Waals surface area contributed by atoms with E-state index in [2.05, 4.69) is 5.32 Å². The van der Waals surface area contributed by atoms with Crippen LogP contribution in [-0.4, -0.2) is 17.0 Å². The van der Waals surface area contributed by atoms with E-state index in [9.17, 15) is 9.59 Å². The summed E-state index contributed by atoms with van der Waals surface area (Å²) in [6.45, 7) is 1.40. The van der Waals surface area contributed by atoms with Crippen molar-refractivity contribution < 1.29 is 19.1 Å². The van der Waals surface area contributed by atoms with Crippen molar-refractivity contribution in [1.82, 2.24) is 0 Å². The molecule has 0 aliphatic rings. The first kappa shape index (κ1) is 11.9. The number of rotatable bonds is 3. The third kappa shape index (κ3) is 2.40. The number of carboxylic acids is 1. The summed E-state index contributed by atoms with van der Waals surface area (Å²) >= 11 is 0. The van der Waals surface area contributed by atoms with Gasteiger partial charge < -0.3 is 14.8 Å². The second kappa shape index (κ2) is 4.75. The Morgan fingerprint density at radius 3 is 2.50 bits per heavy atom. The molecule has 1 aromatic carbocycles. The van der Waals surface area contributed by atoms with E-state index in [4.69, 9.17) is 9.52 Å². The molecule has 2 rings (SSSR count). The molecule has 0 saturated carbocycles. The Labute approximate surface area is 103 Å². The molecule has 18 heavy (non-hydrogen) atoms. The maximum absolute atomic E-state index is 11.1. The fraction of sp³-hybridized carbons (Fsp3) is 0.0769. The molecule has 0 aliphatic carbocycles. The maximum Gasteiger partial charge on any atom is 0.371 e. The summed E-state index contributed by atoms with van der Waals surface area (Å²) in [5.41, 5.74) is 1.22. The van der Waals surface area contributed by atoms with Gasteiger partial charge in [0, 0.05) is 12.5 Å². The van der Waals surface area contributed by atoms with Crippen molar-refractivity contribution in [3.8, 4) is 11.3 Å². The lowest BCUT2D eigenvalue weighted by Gasteiger charge is -2.07. The molecule has 0 fully saturated rings. The van der Waals surface area contributed by atoms with Crippen LogP contribution in [0.2, 0.25) is 0 Å². The van der Waals surface area contributed by atoms with Crippen molar-refractivity contribution >= 4 is 17.6 Å². The number of amides is 1. The number of carboxylic acid groups (broad SMARTS) is 1. The third-order valence-electron chi connectivity index (χ3n) is 2.32. The van der Waals surface area contributed by atoms with Crippen molar-refractivity contribution in [3.05, 3.63) is 42.2 Å². The van der Waals surface area contributed by atoms with E-state index in [1.54, 1.807) is 30.3 Å². The number of nitrogens with one attached hydrogen (secondary N) is 1. The topological polar surface area (TPSA) is 79.5 Å². The minimum absolute atomic E-state index is 0.136. The zero-order valence-corrected chi connectivity index (χ0v) is 9.64. The predicted molar refractivity (Wildman–Crippen MR) is 65.4 cm³/mol. The molecule has 0 aliphatic heterocycles. The molecule has 2 aromatic rings. The van der Waals surface area contributed by atoms with Crippen molar-refractivity contribution in [3.63, 3.8) is 0 Å². The molecular weight excluding hydrogens is 234 g/mol. The quantitative estimate of drug-likeness (QED) is 0.871. The van der Waals surface area contributed by atoms with Gasteiger partial charge in [-0.2, -0.15) is 0 Å². The maximum atomic E-state index is 11.1. The molecule has 5 nitrogen and oxygen atoms in total. The van der Waals surface area contributed by atoms with Gasteiger partial charge in [-0.05, 0) is 24.3 Å². The average Bonchev–Trinajstić information content (AvgIpc) is 2.78. The molecule has 1 heterocycles. The Morgan fingerprint density at radius 1 is 1.17 bits per heavy atom. The van der Waals surface area contributed by atoms with Crippen LogP contribution in [0.25, 0.3) is 11.3 Å². The highest BCUT2D eigenvalue weighted by molar-refractivity contribution is 5.93. The van der Waals surface area contributed by atoms with Crippen LogP contribution < -0.4 is 5.32 Å². The fourth-order valence-corrected chi connectivity index (χ4v) is 1.59. The number of furan rings is 1. The summed E-state index contributed by atoms with van der Waals surface area (Å²) in [4.78, 5) is 21.8. The van der Waals surface area contributed by atoms with Crippen molar-refractivity contribution in [2.24, 2.45) is 0 Å². The van der Waals surface area contributed by atoms with Crippen molar-refractivity contribution in [2.75, 3.05) is 5.32 Å². The van der Waals surface area contributed by atoms with Gasteiger partial charge in [0.2, 0.25) is 11.7 Å². The van der Waals surface area contributed by atoms with Gasteiger partial charge in [-0.3, -0.25) is 4.79 Å². The van der Waals surface area contributed by atoms with Crippen molar-refractivity contribution in [1.29, 1.82) is 0 Å². The number of aromatic carboxylic acids is 1. The van der Waals surface area contributed by atoms with Crippen LogP contribution in [0.15, 0.2) is 40.8 Å². The van der Waals surface area contributed by atoms with Gasteiger partial charge in [-0.15, -0.1) is 0 Å². The van der Waals surface area contributed by atoms with E-state index in [1.165, 1.54) is 13.0 Å². The average molecular weight is 245 g/mol. The Balaban J connectivity index is 2.42. The fourth-order valence-electron chi connectivity index (χ4n) is 1.59. The van der Waals surface area contributed by atoms with Crippen LogP contribution in [0.5, 0.6) is 0 Å². The lowest BCUT2D eigenvalue weighted by molar-refractivity contribution is -0.114. The first-order chi connectivity index (χ1) is 8.58. The molecule has 5 heteroatoms. The van der Waals surface area contributed by atoms with E-state index in [0.717, 1.165) is 0 Å². The molecule has 0 atom stereocenters. The molecule has 92 valence electrons. The Kier molecular flexibility index (Phi) is 3.14. The number of carbonyl (C=O) groups is 2. The van der Waals surface area contributed by atoms with Crippen LogP contribution in [0.1, 0.15) is 17.5 Å². The van der Waals surface area contributed by atoms with Crippen LogP contribution >= 0.6 is 0 Å². The summed E-state index contributed by atoms with van der Waals surface area (Å²) in [6, 6.07) is 9.96. The summed E-state index contributed by atoms with van der Waals surface area (Å²) in [6.07, 6.45) is 0. The second-order valence-corrected chi connectivity index (χ2v) is 3.70. The zero-order valence-electron chi connectivity index (χ0n) is 9.64. The molecule has 0 spiro atoms. The second-order valence-electron chi connectivity index (χ2n) is 3.70. The van der Waals surface area contributed by atoms with Gasteiger partial charge in [0.15, 0.2) is 0 Å². The van der Waals surface area contributed by atoms with Gasteiger partial charge in [0.1, 0.15) is 5.76 Å². The minimum Gasteiger partial charge on any atom is -0.475 e. The monoisotopic (exact) mass is 245 g/mol. The lowest BCUT2D eigenvalue weighted by Crippen LogP contribution is -2.06. The van der Waals surface area contributed by atoms with Gasteiger partial charge >= 0.3 is 5.97 Å². The number of para-hydroxylation sites is 1. The van der Waals surface area contributed by atoms with E-state index < -0.39 is 5.97 Å². The third-order valence-corrected chi connectivity index (χ3v) is 2.32. The Morgan fingerprint density at radius 2 is 1.89 bits per heavy atom. The summed E-state index contributed by atoms with van der Waals surface area (Å²) in [7, 11) is 0. The smallest absolute Gasteiger partial charge is 0.371 e. The van der Waals surface area contributed by atoms with Gasteiger partial charge in [-0.25, -0.2) is 4.79 Å². The molecule has 0 radical (unpaired) electrons. The molecule has 1 aromatic heterocycles. The van der Waals surface area contributed by atoms with Crippen LogP contribution in [0, 0.1) is 0 Å². The number of carbonyl (C=O) groups excluding carboxylic acids is 1. The van der Waals surface area contributed by atoms with E-state index in [1.807, 2.05) is 0 Å². The molecule has 1 amide bonds. The first-order valence-electron chi connectivity index (χ1n) is 5.28. The van der Waals surface area contributed by atoms with E-state index in [0.29, 0.717) is 17.0 Å². The number of hydrogen-bond acceptors (Lipinski definition) is 3. The molecule has 0 bridgehead atoms. The van der Waals surface area contributed by atoms with E-state index >= 15 is 0 Å². The summed E-state index contributed by atoms with van der Waals surface area (Å²) < 4.78 is 5.20. The van der Waals surface area contributed by atoms with Crippen LogP contribution in [0.4, 0.5) is 5.69 Å². The van der Waals surface area contributed by atoms with Gasteiger partial charge in [0.25, 0.3) is 0 Å². The largest absolute Gasteiger partial charge is 0.475 e. The zero-order chi connectivity index (χ0) is 13.1. The number of hydrogen-bond donors (Lipinski definition) is 2. The first-order valence-corrected chi connectivity index (χ1v) is 5.28. The van der Waals surface area contributed by atoms with Gasteiger partial charge in [0.05, 0.1) is 5.69 Å². The van der Waals surface area contributed by atoms with Crippen molar-refractivity contribution in [2.45, 2.75) is 6.92 Å². The molecule has 0 saturated heterocycles. The molecule has 2 N–H and O–H groups in total. The van der Waals surface area contributed by atoms with E-state index in [-0.39, 0.29) is 11.7 Å². The normalized spacial score (nSPS) is 10.1. The summed E-state index contributed by atoms with van der Waals surface area (Å²) in [5.74, 6) is -1.06. The highest BCUT2D eigenvalue weighted by atomic mass is 16.4. The highest BCUT2D eigenvalue weighted by Crippen LogP contribution is 2.29. The minimum atomic E-state index is -1.13. The van der Waals surface area contributed by atoms with Crippen LogP contribution in [0.3, 0.4) is 0 Å². The Bertz CT molecular complexity index is 601. The Hall–Kier alpha value is -2.56. The molecular formula is C13H11NO4. The lowest BCUT2D eigenvalue weighted by atomic mass is 10.1. The van der Waals surface area contributed by atoms with Gasteiger partial charge in [-0.1, -0.05) is 12.1 Å². The number of benzene rings is 1. The predicted octanol–water partition coefficient (Wildman–Crippen LogP) is 2.60. The highest BCUT2D eigenvalue weighted by Gasteiger charge is 2.13. The summed E-state index contributed by atoms with van der Waals surface area (Å²) in [5, 5.41) is 11.5. The molecule has 0 unspecified atom stereocenters.